The number of aromatic nitrogens is 3. The number of para-hydroxylation sites is 1. The molecule has 5 nitrogen and oxygen atoms in total. The van der Waals surface area contributed by atoms with Crippen LogP contribution in [0.3, 0.4) is 0 Å². The smallest absolute Gasteiger partial charge is 0.356 e. The summed E-state index contributed by atoms with van der Waals surface area (Å²) in [5.41, 5.74) is 1.09. The van der Waals surface area contributed by atoms with Crippen LogP contribution < -0.4 is 11.0 Å². The third-order valence-electron chi connectivity index (χ3n) is 2.36. The van der Waals surface area contributed by atoms with Gasteiger partial charge in [0, 0.05) is 7.05 Å². The van der Waals surface area contributed by atoms with Gasteiger partial charge in [0.05, 0.1) is 10.7 Å². The Morgan fingerprint density at radius 3 is 2.76 bits per heavy atom. The Kier molecular flexibility index (Phi) is 3.10. The van der Waals surface area contributed by atoms with E-state index in [4.69, 9.17) is 11.6 Å². The number of aryl methyl sites for hydroxylation is 1. The van der Waals surface area contributed by atoms with Crippen molar-refractivity contribution in [2.45, 2.75) is 6.92 Å². The standard InChI is InChI=1S/C11H11ClN4O/c1-7-4-3-5-8(12)9(7)16-6-14-10(13-2)15-11(16)17/h3-6H,1-2H3,(H,13,15,17). The summed E-state index contributed by atoms with van der Waals surface area (Å²) < 4.78 is 1.33. The molecule has 0 unspecified atom stereocenters. The Hall–Kier alpha value is -1.88. The summed E-state index contributed by atoms with van der Waals surface area (Å²) in [5.74, 6) is 0.288. The molecule has 0 saturated heterocycles. The molecule has 1 aromatic carbocycles. The zero-order chi connectivity index (χ0) is 12.4. The molecule has 0 saturated carbocycles. The zero-order valence-corrected chi connectivity index (χ0v) is 10.2. The molecule has 17 heavy (non-hydrogen) atoms. The quantitative estimate of drug-likeness (QED) is 0.880. The number of benzene rings is 1. The second kappa shape index (κ2) is 4.55. The summed E-state index contributed by atoms with van der Waals surface area (Å²) >= 11 is 6.08. The van der Waals surface area contributed by atoms with Gasteiger partial charge in [0.25, 0.3) is 0 Å². The number of halogens is 1. The van der Waals surface area contributed by atoms with E-state index in [-0.39, 0.29) is 5.95 Å². The van der Waals surface area contributed by atoms with Crippen molar-refractivity contribution in [3.63, 3.8) is 0 Å². The highest BCUT2D eigenvalue weighted by atomic mass is 35.5. The molecule has 2 rings (SSSR count). The van der Waals surface area contributed by atoms with Gasteiger partial charge in [-0.05, 0) is 18.6 Å². The van der Waals surface area contributed by atoms with Crippen molar-refractivity contribution in [2.75, 3.05) is 12.4 Å². The fourth-order valence-electron chi connectivity index (χ4n) is 1.54. The van der Waals surface area contributed by atoms with E-state index in [1.165, 1.54) is 10.9 Å². The Labute approximate surface area is 103 Å². The number of anilines is 1. The fourth-order valence-corrected chi connectivity index (χ4v) is 1.85. The average molecular weight is 251 g/mol. The van der Waals surface area contributed by atoms with Crippen molar-refractivity contribution in [1.29, 1.82) is 0 Å². The van der Waals surface area contributed by atoms with Gasteiger partial charge in [-0.25, -0.2) is 14.3 Å². The SMILES string of the molecule is CNc1ncn(-c2c(C)cccc2Cl)c(=O)n1. The first-order valence-electron chi connectivity index (χ1n) is 5.02. The molecule has 1 aromatic heterocycles. The second-order valence-electron chi connectivity index (χ2n) is 3.49. The molecule has 1 N–H and O–H groups in total. The van der Waals surface area contributed by atoms with Crippen LogP contribution >= 0.6 is 11.6 Å². The number of hydrogen-bond acceptors (Lipinski definition) is 4. The van der Waals surface area contributed by atoms with Crippen LogP contribution in [0.5, 0.6) is 0 Å². The van der Waals surface area contributed by atoms with E-state index in [9.17, 15) is 4.79 Å². The van der Waals surface area contributed by atoms with Crippen molar-refractivity contribution in [2.24, 2.45) is 0 Å². The molecule has 2 aromatic rings. The van der Waals surface area contributed by atoms with Crippen molar-refractivity contribution in [1.82, 2.24) is 14.5 Å². The van der Waals surface area contributed by atoms with E-state index in [1.54, 1.807) is 13.1 Å². The monoisotopic (exact) mass is 250 g/mol. The number of nitrogens with one attached hydrogen (secondary N) is 1. The summed E-state index contributed by atoms with van der Waals surface area (Å²) in [4.78, 5) is 19.6. The molecule has 0 aliphatic rings. The van der Waals surface area contributed by atoms with Gasteiger partial charge in [-0.3, -0.25) is 0 Å². The maximum atomic E-state index is 11.8. The van der Waals surface area contributed by atoms with Crippen LogP contribution in [0.15, 0.2) is 29.3 Å². The zero-order valence-electron chi connectivity index (χ0n) is 9.44. The van der Waals surface area contributed by atoms with E-state index >= 15 is 0 Å². The Balaban J connectivity index is 2.65. The Morgan fingerprint density at radius 2 is 2.18 bits per heavy atom. The van der Waals surface area contributed by atoms with Crippen molar-refractivity contribution >= 4 is 17.5 Å². The molecule has 88 valence electrons. The predicted molar refractivity (Wildman–Crippen MR) is 66.9 cm³/mol. The summed E-state index contributed by atoms with van der Waals surface area (Å²) in [6, 6.07) is 5.43. The topological polar surface area (TPSA) is 59.8 Å². The summed E-state index contributed by atoms with van der Waals surface area (Å²) in [7, 11) is 1.65. The minimum Gasteiger partial charge on any atom is -0.357 e. The molecule has 0 amide bonds. The molecule has 0 aliphatic heterocycles. The van der Waals surface area contributed by atoms with Gasteiger partial charge in [0.1, 0.15) is 6.33 Å². The van der Waals surface area contributed by atoms with Crippen LogP contribution in [0, 0.1) is 6.92 Å². The lowest BCUT2D eigenvalue weighted by Crippen LogP contribution is -2.23. The Morgan fingerprint density at radius 1 is 1.41 bits per heavy atom. The van der Waals surface area contributed by atoms with Gasteiger partial charge in [-0.2, -0.15) is 4.98 Å². The summed E-state index contributed by atoms with van der Waals surface area (Å²) in [6.07, 6.45) is 1.41. The lowest BCUT2D eigenvalue weighted by atomic mass is 10.2. The maximum Gasteiger partial charge on any atom is 0.356 e. The minimum absolute atomic E-state index is 0.288. The highest BCUT2D eigenvalue weighted by molar-refractivity contribution is 6.32. The molecule has 0 aliphatic carbocycles. The lowest BCUT2D eigenvalue weighted by Gasteiger charge is -2.10. The van der Waals surface area contributed by atoms with E-state index in [0.29, 0.717) is 10.7 Å². The third-order valence-corrected chi connectivity index (χ3v) is 2.66. The number of hydrogen-bond donors (Lipinski definition) is 1. The maximum absolute atomic E-state index is 11.8. The van der Waals surface area contributed by atoms with Crippen LogP contribution in [-0.4, -0.2) is 21.6 Å². The third kappa shape index (κ3) is 2.14. The molecular formula is C11H11ClN4O. The van der Waals surface area contributed by atoms with Gasteiger partial charge in [0.15, 0.2) is 0 Å². The molecule has 6 heteroatoms. The first-order valence-corrected chi connectivity index (χ1v) is 5.40. The molecular weight excluding hydrogens is 240 g/mol. The average Bonchev–Trinajstić information content (AvgIpc) is 2.30. The van der Waals surface area contributed by atoms with Crippen molar-refractivity contribution in [3.8, 4) is 5.69 Å². The van der Waals surface area contributed by atoms with Gasteiger partial charge in [-0.1, -0.05) is 23.7 Å². The van der Waals surface area contributed by atoms with Gasteiger partial charge >= 0.3 is 5.69 Å². The molecule has 0 radical (unpaired) electrons. The lowest BCUT2D eigenvalue weighted by molar-refractivity contribution is 0.857. The summed E-state index contributed by atoms with van der Waals surface area (Å²) in [5, 5.41) is 3.20. The Bertz CT molecular complexity index is 588. The van der Waals surface area contributed by atoms with Crippen LogP contribution in [0.2, 0.25) is 5.02 Å². The first kappa shape index (κ1) is 11.6. The van der Waals surface area contributed by atoms with Crippen molar-refractivity contribution < 1.29 is 0 Å². The molecule has 0 atom stereocenters. The highest BCUT2D eigenvalue weighted by Gasteiger charge is 2.09. The predicted octanol–water partition coefficient (Wildman–Crippen LogP) is 1.63. The van der Waals surface area contributed by atoms with E-state index in [0.717, 1.165) is 5.56 Å². The van der Waals surface area contributed by atoms with Crippen LogP contribution in [0.1, 0.15) is 5.56 Å². The van der Waals surface area contributed by atoms with E-state index in [1.807, 2.05) is 19.1 Å². The molecule has 1 heterocycles. The number of rotatable bonds is 2. The highest BCUT2D eigenvalue weighted by Crippen LogP contribution is 2.22. The second-order valence-corrected chi connectivity index (χ2v) is 3.90. The largest absolute Gasteiger partial charge is 0.357 e. The molecule has 0 bridgehead atoms. The first-order chi connectivity index (χ1) is 8.13. The van der Waals surface area contributed by atoms with Crippen LogP contribution in [-0.2, 0) is 0 Å². The fraction of sp³-hybridized carbons (Fsp3) is 0.182. The van der Waals surface area contributed by atoms with Crippen molar-refractivity contribution in [3.05, 3.63) is 45.6 Å². The molecule has 0 spiro atoms. The van der Waals surface area contributed by atoms with Crippen LogP contribution in [0.25, 0.3) is 5.69 Å². The molecule has 0 fully saturated rings. The van der Waals surface area contributed by atoms with E-state index < -0.39 is 5.69 Å². The van der Waals surface area contributed by atoms with Crippen LogP contribution in [0.4, 0.5) is 5.95 Å². The normalized spacial score (nSPS) is 10.3. The summed E-state index contributed by atoms with van der Waals surface area (Å²) in [6.45, 7) is 1.87. The van der Waals surface area contributed by atoms with E-state index in [2.05, 4.69) is 15.3 Å². The number of nitrogens with zero attached hydrogens (tertiary/aromatic N) is 3. The van der Waals surface area contributed by atoms with Gasteiger partial charge in [0.2, 0.25) is 5.95 Å². The van der Waals surface area contributed by atoms with Gasteiger partial charge in [-0.15, -0.1) is 0 Å². The minimum atomic E-state index is -0.416. The van der Waals surface area contributed by atoms with Gasteiger partial charge < -0.3 is 5.32 Å².